The molecule has 194 valence electrons. The van der Waals surface area contributed by atoms with Crippen LogP contribution >= 0.6 is 0 Å². The molecule has 0 saturated heterocycles. The van der Waals surface area contributed by atoms with Crippen molar-refractivity contribution in [1.82, 2.24) is 30.1 Å². The van der Waals surface area contributed by atoms with Crippen molar-refractivity contribution < 1.29 is 0 Å². The fraction of sp³-hybridized carbons (Fsp3) is 0.467. The van der Waals surface area contributed by atoms with Gasteiger partial charge in [-0.05, 0) is 79.1 Å². The van der Waals surface area contributed by atoms with Gasteiger partial charge in [-0.15, -0.1) is 5.10 Å². The third kappa shape index (κ3) is 5.52. The molecule has 1 atom stereocenters. The Kier molecular flexibility index (Phi) is 7.51. The molecule has 0 unspecified atom stereocenters. The lowest BCUT2D eigenvalue weighted by Gasteiger charge is -2.32. The van der Waals surface area contributed by atoms with Crippen LogP contribution in [0.15, 0.2) is 47.3 Å². The summed E-state index contributed by atoms with van der Waals surface area (Å²) in [6.45, 7) is 9.66. The van der Waals surface area contributed by atoms with E-state index in [9.17, 15) is 4.79 Å². The lowest BCUT2D eigenvalue weighted by Crippen LogP contribution is -2.33. The third-order valence-corrected chi connectivity index (χ3v) is 7.81. The number of benzene rings is 2. The monoisotopic (exact) mass is 498 g/mol. The van der Waals surface area contributed by atoms with Crippen LogP contribution in [-0.2, 0) is 13.1 Å². The zero-order chi connectivity index (χ0) is 25.9. The maximum Gasteiger partial charge on any atom is 0.252 e. The number of aromatic amines is 1. The molecular formula is C30H38N6O. The molecular weight excluding hydrogens is 460 g/mol. The number of nitrogens with one attached hydrogen (secondary N) is 1. The van der Waals surface area contributed by atoms with E-state index in [-0.39, 0.29) is 11.6 Å². The minimum atomic E-state index is -0.0323. The number of hydrogen-bond donors (Lipinski definition) is 1. The first-order chi connectivity index (χ1) is 17.9. The van der Waals surface area contributed by atoms with E-state index in [0.29, 0.717) is 19.1 Å². The number of pyridine rings is 1. The van der Waals surface area contributed by atoms with Crippen LogP contribution in [0.3, 0.4) is 0 Å². The van der Waals surface area contributed by atoms with Gasteiger partial charge in [-0.2, -0.15) is 0 Å². The van der Waals surface area contributed by atoms with Crippen LogP contribution in [0, 0.1) is 20.8 Å². The molecule has 1 saturated carbocycles. The molecule has 0 bridgehead atoms. The summed E-state index contributed by atoms with van der Waals surface area (Å²) in [5.74, 6) is 0.908. The standard InChI is InChI=1S/C30H38N6O/c1-5-27(29-32-33-34-36(29)26-9-7-6-8-10-26)35(18-23-13-11-20(2)12-14-23)19-25-17-24-16-21(3)15-22(4)28(24)31-30(25)37/h11-17,26-27H,5-10,18-19H2,1-4H3,(H,31,37)/t27-/m1/s1. The van der Waals surface area contributed by atoms with E-state index in [1.165, 1.54) is 36.0 Å². The average Bonchev–Trinajstić information content (AvgIpc) is 3.37. The van der Waals surface area contributed by atoms with E-state index in [0.717, 1.165) is 47.1 Å². The first kappa shape index (κ1) is 25.3. The van der Waals surface area contributed by atoms with Gasteiger partial charge in [-0.3, -0.25) is 9.69 Å². The molecule has 5 rings (SSSR count). The number of aryl methyl sites for hydroxylation is 3. The molecule has 2 aromatic heterocycles. The van der Waals surface area contributed by atoms with Crippen LogP contribution in [0.4, 0.5) is 0 Å². The number of rotatable bonds is 8. The van der Waals surface area contributed by atoms with Crippen LogP contribution in [0.25, 0.3) is 10.9 Å². The SMILES string of the molecule is CC[C@H](c1nnnn1C1CCCCC1)N(Cc1ccc(C)cc1)Cc1cc2cc(C)cc(C)c2[nH]c1=O. The van der Waals surface area contributed by atoms with Gasteiger partial charge >= 0.3 is 0 Å². The first-order valence-corrected chi connectivity index (χ1v) is 13.6. The number of fused-ring (bicyclic) bond motifs is 1. The summed E-state index contributed by atoms with van der Waals surface area (Å²) in [6.07, 6.45) is 6.82. The fourth-order valence-corrected chi connectivity index (χ4v) is 5.88. The van der Waals surface area contributed by atoms with E-state index in [2.05, 4.69) is 93.3 Å². The molecule has 1 aliphatic carbocycles. The highest BCUT2D eigenvalue weighted by Gasteiger charge is 2.29. The van der Waals surface area contributed by atoms with Gasteiger partial charge in [0, 0.05) is 18.7 Å². The van der Waals surface area contributed by atoms with Gasteiger partial charge in [-0.1, -0.05) is 67.6 Å². The predicted octanol–water partition coefficient (Wildman–Crippen LogP) is 6.10. The zero-order valence-electron chi connectivity index (χ0n) is 22.5. The van der Waals surface area contributed by atoms with Gasteiger partial charge in [-0.25, -0.2) is 4.68 Å². The van der Waals surface area contributed by atoms with Crippen molar-refractivity contribution >= 4 is 10.9 Å². The second-order valence-electron chi connectivity index (χ2n) is 10.8. The fourth-order valence-electron chi connectivity index (χ4n) is 5.88. The number of H-pyrrole nitrogens is 1. The van der Waals surface area contributed by atoms with Gasteiger partial charge in [0.05, 0.1) is 17.6 Å². The van der Waals surface area contributed by atoms with E-state index in [1.54, 1.807) is 0 Å². The Bertz CT molecular complexity index is 1410. The molecule has 0 spiro atoms. The van der Waals surface area contributed by atoms with E-state index >= 15 is 0 Å². The lowest BCUT2D eigenvalue weighted by atomic mass is 9.95. The van der Waals surface area contributed by atoms with Crippen molar-refractivity contribution in [1.29, 1.82) is 0 Å². The van der Waals surface area contributed by atoms with Gasteiger partial charge in [0.2, 0.25) is 0 Å². The number of tetrazole rings is 1. The van der Waals surface area contributed by atoms with Crippen LogP contribution in [0.1, 0.15) is 91.2 Å². The van der Waals surface area contributed by atoms with Crippen LogP contribution in [0.5, 0.6) is 0 Å². The molecule has 2 aromatic carbocycles. The molecule has 4 aromatic rings. The number of nitrogens with zero attached hydrogens (tertiary/aromatic N) is 5. The van der Waals surface area contributed by atoms with Gasteiger partial charge in [0.15, 0.2) is 5.82 Å². The smallest absolute Gasteiger partial charge is 0.252 e. The first-order valence-electron chi connectivity index (χ1n) is 13.6. The van der Waals surface area contributed by atoms with Crippen molar-refractivity contribution in [3.05, 3.63) is 86.5 Å². The molecule has 0 aliphatic heterocycles. The summed E-state index contributed by atoms with van der Waals surface area (Å²) in [7, 11) is 0. The highest BCUT2D eigenvalue weighted by atomic mass is 16.1. The summed E-state index contributed by atoms with van der Waals surface area (Å²) < 4.78 is 2.08. The van der Waals surface area contributed by atoms with E-state index < -0.39 is 0 Å². The quantitative estimate of drug-likeness (QED) is 0.318. The van der Waals surface area contributed by atoms with Crippen LogP contribution in [0.2, 0.25) is 0 Å². The minimum Gasteiger partial charge on any atom is -0.321 e. The summed E-state index contributed by atoms with van der Waals surface area (Å²) in [6, 6.07) is 15.3. The van der Waals surface area contributed by atoms with Crippen molar-refractivity contribution in [2.45, 2.75) is 91.4 Å². The molecule has 1 aliphatic rings. The Labute approximate surface area is 218 Å². The summed E-state index contributed by atoms with van der Waals surface area (Å²) in [5, 5.41) is 14.2. The van der Waals surface area contributed by atoms with Gasteiger partial charge < -0.3 is 4.98 Å². The highest BCUT2D eigenvalue weighted by molar-refractivity contribution is 5.82. The van der Waals surface area contributed by atoms with Crippen molar-refractivity contribution in [3.63, 3.8) is 0 Å². The minimum absolute atomic E-state index is 0.00688. The predicted molar refractivity (Wildman–Crippen MR) is 147 cm³/mol. The zero-order valence-corrected chi connectivity index (χ0v) is 22.5. The van der Waals surface area contributed by atoms with Crippen molar-refractivity contribution in [2.24, 2.45) is 0 Å². The largest absolute Gasteiger partial charge is 0.321 e. The Morgan fingerprint density at radius 2 is 1.76 bits per heavy atom. The molecule has 1 N–H and O–H groups in total. The van der Waals surface area contributed by atoms with E-state index in [4.69, 9.17) is 0 Å². The molecule has 37 heavy (non-hydrogen) atoms. The van der Waals surface area contributed by atoms with Crippen molar-refractivity contribution in [3.8, 4) is 0 Å². The maximum absolute atomic E-state index is 13.3. The normalized spacial score (nSPS) is 15.5. The highest BCUT2D eigenvalue weighted by Crippen LogP contribution is 2.33. The Balaban J connectivity index is 1.54. The Morgan fingerprint density at radius 1 is 1.00 bits per heavy atom. The van der Waals surface area contributed by atoms with E-state index in [1.807, 2.05) is 6.92 Å². The molecule has 7 nitrogen and oxygen atoms in total. The average molecular weight is 499 g/mol. The van der Waals surface area contributed by atoms with Crippen molar-refractivity contribution in [2.75, 3.05) is 0 Å². The van der Waals surface area contributed by atoms with Gasteiger partial charge in [0.1, 0.15) is 0 Å². The molecule has 1 fully saturated rings. The molecule has 7 heteroatoms. The topological polar surface area (TPSA) is 79.7 Å². The molecule has 0 radical (unpaired) electrons. The molecule has 2 heterocycles. The second kappa shape index (κ2) is 11.0. The summed E-state index contributed by atoms with van der Waals surface area (Å²) in [5.41, 5.74) is 6.38. The van der Waals surface area contributed by atoms with Crippen LogP contribution in [-0.4, -0.2) is 30.1 Å². The van der Waals surface area contributed by atoms with Gasteiger partial charge in [0.25, 0.3) is 5.56 Å². The number of aromatic nitrogens is 5. The third-order valence-electron chi connectivity index (χ3n) is 7.81. The molecule has 0 amide bonds. The maximum atomic E-state index is 13.3. The summed E-state index contributed by atoms with van der Waals surface area (Å²) >= 11 is 0. The number of hydrogen-bond acceptors (Lipinski definition) is 5. The Morgan fingerprint density at radius 3 is 2.49 bits per heavy atom. The second-order valence-corrected chi connectivity index (χ2v) is 10.8. The van der Waals surface area contributed by atoms with Crippen LogP contribution < -0.4 is 5.56 Å². The lowest BCUT2D eigenvalue weighted by molar-refractivity contribution is 0.155. The Hall–Kier alpha value is -3.32. The summed E-state index contributed by atoms with van der Waals surface area (Å²) in [4.78, 5) is 18.8.